The average Bonchev–Trinajstić information content (AvgIpc) is 3.23. The molecule has 9 heteroatoms. The second kappa shape index (κ2) is 9.48. The Kier molecular flexibility index (Phi) is 6.88. The molecular formula is C27H31F3N2O4. The highest BCUT2D eigenvalue weighted by Gasteiger charge is 2.46. The Balaban J connectivity index is 1.84. The van der Waals surface area contributed by atoms with Crippen molar-refractivity contribution in [3.05, 3.63) is 45.6 Å². The number of aryl methyl sites for hydroxylation is 2. The molecule has 0 atom stereocenters. The number of aromatic nitrogens is 2. The number of esters is 1. The molecular weight excluding hydrogens is 473 g/mol. The highest BCUT2D eigenvalue weighted by atomic mass is 19.4. The summed E-state index contributed by atoms with van der Waals surface area (Å²) < 4.78 is 50.3. The number of ether oxygens (including phenoxy) is 1. The van der Waals surface area contributed by atoms with Crippen LogP contribution in [0.25, 0.3) is 0 Å². The van der Waals surface area contributed by atoms with Crippen LogP contribution in [-0.2, 0) is 23.9 Å². The maximum absolute atomic E-state index is 14.5. The van der Waals surface area contributed by atoms with Gasteiger partial charge in [0, 0.05) is 23.1 Å². The molecule has 0 unspecified atom stereocenters. The monoisotopic (exact) mass is 504 g/mol. The number of carbonyl (C=O) groups is 3. The first-order valence-electron chi connectivity index (χ1n) is 12.5. The molecule has 6 nitrogen and oxygen atoms in total. The lowest BCUT2D eigenvalue weighted by atomic mass is 9.70. The van der Waals surface area contributed by atoms with E-state index in [0.717, 1.165) is 25.5 Å². The van der Waals surface area contributed by atoms with Gasteiger partial charge < -0.3 is 4.74 Å². The number of rotatable bonds is 5. The average molecular weight is 505 g/mol. The zero-order valence-corrected chi connectivity index (χ0v) is 21.1. The molecule has 194 valence electrons. The zero-order valence-electron chi connectivity index (χ0n) is 21.1. The third kappa shape index (κ3) is 4.60. The van der Waals surface area contributed by atoms with Crippen LogP contribution in [-0.4, -0.2) is 27.3 Å². The van der Waals surface area contributed by atoms with E-state index >= 15 is 0 Å². The molecule has 1 aromatic heterocycles. The number of halogens is 3. The summed E-state index contributed by atoms with van der Waals surface area (Å²) in [5.41, 5.74) is -2.70. The first kappa shape index (κ1) is 26.1. The van der Waals surface area contributed by atoms with Crippen LogP contribution in [0.1, 0.15) is 102 Å². The van der Waals surface area contributed by atoms with E-state index in [4.69, 9.17) is 4.74 Å². The van der Waals surface area contributed by atoms with Gasteiger partial charge in [0.15, 0.2) is 5.78 Å². The molecule has 0 spiro atoms. The van der Waals surface area contributed by atoms with Crippen LogP contribution < -0.4 is 4.74 Å². The van der Waals surface area contributed by atoms with Gasteiger partial charge >= 0.3 is 12.1 Å². The summed E-state index contributed by atoms with van der Waals surface area (Å²) in [4.78, 5) is 39.7. The zero-order chi connectivity index (χ0) is 26.4. The number of fused-ring (bicyclic) bond motifs is 1. The van der Waals surface area contributed by atoms with Gasteiger partial charge in [-0.2, -0.15) is 18.3 Å². The van der Waals surface area contributed by atoms with Crippen molar-refractivity contribution in [3.8, 4) is 5.88 Å². The topological polar surface area (TPSA) is 78.3 Å². The van der Waals surface area contributed by atoms with Gasteiger partial charge in [-0.05, 0) is 56.7 Å². The molecule has 36 heavy (non-hydrogen) atoms. The Morgan fingerprint density at radius 1 is 1.17 bits per heavy atom. The molecule has 0 bridgehead atoms. The highest BCUT2D eigenvalue weighted by Crippen LogP contribution is 2.45. The second-order valence-corrected chi connectivity index (χ2v) is 10.4. The van der Waals surface area contributed by atoms with Gasteiger partial charge in [-0.15, -0.1) is 0 Å². The third-order valence-corrected chi connectivity index (χ3v) is 7.50. The van der Waals surface area contributed by atoms with Crippen molar-refractivity contribution in [2.45, 2.75) is 85.4 Å². The van der Waals surface area contributed by atoms with Crippen LogP contribution in [0.5, 0.6) is 5.88 Å². The number of ketones is 2. The standard InChI is InChI=1S/C27H31F3N2O4/c1-5-32-24(36-25(35)16-9-7-6-8-10-16)19(14-31-32)22(33)18-13-15(2)17-11-12-26(3,4)23(34)20(17)21(18)27(28,29)30/h13-14,16H,5-12H2,1-4H3. The van der Waals surface area contributed by atoms with Crippen molar-refractivity contribution in [1.82, 2.24) is 9.78 Å². The molecule has 2 aliphatic rings. The number of Topliss-reactive ketones (excluding diaryl/α,β-unsaturated/α-hetero) is 1. The molecule has 0 amide bonds. The quantitative estimate of drug-likeness (QED) is 0.363. The number of hydrogen-bond acceptors (Lipinski definition) is 5. The Bertz CT molecular complexity index is 1220. The molecule has 1 heterocycles. The molecule has 2 aliphatic carbocycles. The largest absolute Gasteiger partial charge is 0.417 e. The van der Waals surface area contributed by atoms with E-state index in [-0.39, 0.29) is 23.9 Å². The van der Waals surface area contributed by atoms with Crippen LogP contribution in [0, 0.1) is 18.3 Å². The number of carbonyl (C=O) groups excluding carboxylic acids is 3. The maximum atomic E-state index is 14.5. The summed E-state index contributed by atoms with van der Waals surface area (Å²) in [5, 5.41) is 4.09. The van der Waals surface area contributed by atoms with Gasteiger partial charge in [0.05, 0.1) is 17.7 Å². The molecule has 0 aliphatic heterocycles. The molecule has 2 aromatic rings. The van der Waals surface area contributed by atoms with Crippen molar-refractivity contribution in [2.24, 2.45) is 11.3 Å². The van der Waals surface area contributed by atoms with E-state index in [1.165, 1.54) is 10.7 Å². The lowest BCUT2D eigenvalue weighted by Gasteiger charge is -2.33. The van der Waals surface area contributed by atoms with Crippen LogP contribution >= 0.6 is 0 Å². The number of alkyl halides is 3. The van der Waals surface area contributed by atoms with Crippen molar-refractivity contribution < 1.29 is 32.3 Å². The number of hydrogen-bond donors (Lipinski definition) is 0. The molecule has 0 N–H and O–H groups in total. The summed E-state index contributed by atoms with van der Waals surface area (Å²) >= 11 is 0. The van der Waals surface area contributed by atoms with Gasteiger partial charge in [0.2, 0.25) is 11.7 Å². The Hall–Kier alpha value is -2.97. The van der Waals surface area contributed by atoms with Gasteiger partial charge in [0.25, 0.3) is 0 Å². The van der Waals surface area contributed by atoms with Crippen LogP contribution in [0.2, 0.25) is 0 Å². The molecule has 1 saturated carbocycles. The minimum Gasteiger partial charge on any atom is -0.407 e. The summed E-state index contributed by atoms with van der Waals surface area (Å²) in [6, 6.07) is 1.20. The first-order chi connectivity index (χ1) is 16.9. The second-order valence-electron chi connectivity index (χ2n) is 10.4. The van der Waals surface area contributed by atoms with E-state index in [1.807, 2.05) is 0 Å². The Labute approximate surface area is 208 Å². The fraction of sp³-hybridized carbons (Fsp3) is 0.556. The molecule has 1 aromatic carbocycles. The Morgan fingerprint density at radius 3 is 2.44 bits per heavy atom. The first-order valence-corrected chi connectivity index (χ1v) is 12.5. The van der Waals surface area contributed by atoms with Gasteiger partial charge in [-0.3, -0.25) is 14.4 Å². The minimum absolute atomic E-state index is 0.159. The van der Waals surface area contributed by atoms with Crippen molar-refractivity contribution in [1.29, 1.82) is 0 Å². The number of benzene rings is 1. The lowest BCUT2D eigenvalue weighted by Crippen LogP contribution is -2.34. The van der Waals surface area contributed by atoms with Crippen molar-refractivity contribution >= 4 is 17.5 Å². The Morgan fingerprint density at radius 2 is 1.83 bits per heavy atom. The van der Waals surface area contributed by atoms with Crippen LogP contribution in [0.3, 0.4) is 0 Å². The summed E-state index contributed by atoms with van der Waals surface area (Å²) in [7, 11) is 0. The molecule has 4 rings (SSSR count). The van der Waals surface area contributed by atoms with Crippen molar-refractivity contribution in [2.75, 3.05) is 0 Å². The molecule has 1 fully saturated rings. The van der Waals surface area contributed by atoms with Crippen LogP contribution in [0.15, 0.2) is 12.3 Å². The van der Waals surface area contributed by atoms with Gasteiger partial charge in [-0.25, -0.2) is 4.68 Å². The number of nitrogens with zero attached hydrogens (tertiary/aromatic N) is 2. The van der Waals surface area contributed by atoms with E-state index in [9.17, 15) is 27.6 Å². The molecule has 0 saturated heterocycles. The summed E-state index contributed by atoms with van der Waals surface area (Å²) in [6.07, 6.45) is 1.10. The predicted molar refractivity (Wildman–Crippen MR) is 126 cm³/mol. The van der Waals surface area contributed by atoms with Crippen molar-refractivity contribution in [3.63, 3.8) is 0 Å². The summed E-state index contributed by atoms with van der Waals surface area (Å²) in [6.45, 7) is 6.83. The summed E-state index contributed by atoms with van der Waals surface area (Å²) in [5.74, 6) is -2.59. The smallest absolute Gasteiger partial charge is 0.407 e. The molecule has 0 radical (unpaired) electrons. The SMILES string of the molecule is CCn1ncc(C(=O)c2cc(C)c3c(c2C(F)(F)F)C(=O)C(C)(C)CC3)c1OC(=O)C1CCCCC1. The fourth-order valence-electron chi connectivity index (χ4n) is 5.32. The van der Waals surface area contributed by atoms with E-state index in [1.54, 1.807) is 27.7 Å². The third-order valence-electron chi connectivity index (χ3n) is 7.50. The normalized spacial score (nSPS) is 18.1. The van der Waals surface area contributed by atoms with Crippen LogP contribution in [0.4, 0.5) is 13.2 Å². The fourth-order valence-corrected chi connectivity index (χ4v) is 5.32. The predicted octanol–water partition coefficient (Wildman–Crippen LogP) is 6.10. The van der Waals surface area contributed by atoms with E-state index in [0.29, 0.717) is 36.8 Å². The van der Waals surface area contributed by atoms with E-state index < -0.39 is 45.8 Å². The van der Waals surface area contributed by atoms with E-state index in [2.05, 4.69) is 5.10 Å². The minimum atomic E-state index is -4.94. The maximum Gasteiger partial charge on any atom is 0.417 e. The van der Waals surface area contributed by atoms with Gasteiger partial charge in [0.1, 0.15) is 5.56 Å². The highest BCUT2D eigenvalue weighted by molar-refractivity contribution is 6.14. The van der Waals surface area contributed by atoms with Gasteiger partial charge in [-0.1, -0.05) is 33.1 Å². The lowest BCUT2D eigenvalue weighted by molar-refractivity contribution is -0.140.